The van der Waals surface area contributed by atoms with E-state index >= 15 is 0 Å². The first kappa shape index (κ1) is 23.1. The number of nitrogens with zero attached hydrogens (tertiary/aromatic N) is 4. The van der Waals surface area contributed by atoms with Crippen LogP contribution in [-0.4, -0.2) is 53.7 Å². The highest BCUT2D eigenvalue weighted by Gasteiger charge is 2.39. The summed E-state index contributed by atoms with van der Waals surface area (Å²) in [6.07, 6.45) is -0.762. The van der Waals surface area contributed by atoms with E-state index in [4.69, 9.17) is 30.7 Å². The lowest BCUT2D eigenvalue weighted by Crippen LogP contribution is -2.17. The predicted octanol–water partition coefficient (Wildman–Crippen LogP) is -1.43. The molecule has 18 nitrogen and oxygen atoms in total. The molecule has 5 atom stereocenters. The molecule has 1 aliphatic rings. The van der Waals surface area contributed by atoms with Gasteiger partial charge in [0.2, 0.25) is 5.95 Å². The summed E-state index contributed by atoms with van der Waals surface area (Å²) in [5, 5.41) is 0. The van der Waals surface area contributed by atoms with Gasteiger partial charge < -0.3 is 40.5 Å². The molecule has 0 bridgehead atoms. The van der Waals surface area contributed by atoms with Crippen LogP contribution in [0.5, 0.6) is 0 Å². The molecule has 0 saturated carbocycles. The van der Waals surface area contributed by atoms with Gasteiger partial charge in [0.05, 0.1) is 12.9 Å². The quantitative estimate of drug-likeness (QED) is 0.265. The Kier molecular flexibility index (Phi) is 6.33. The Morgan fingerprint density at radius 2 is 1.90 bits per heavy atom. The molecule has 3 rings (SSSR count). The first-order chi connectivity index (χ1) is 13.7. The Balaban J connectivity index is 1.61. The van der Waals surface area contributed by atoms with E-state index in [1.54, 1.807) is 0 Å². The molecule has 0 aromatic carbocycles. The lowest BCUT2D eigenvalue weighted by atomic mass is 10.5. The lowest BCUT2D eigenvalue weighted by molar-refractivity contribution is -0.212. The van der Waals surface area contributed by atoms with Crippen molar-refractivity contribution in [2.45, 2.75) is 12.5 Å². The molecule has 2 aromatic heterocycles. The number of rotatable bonds is 8. The molecule has 21 heteroatoms. The van der Waals surface area contributed by atoms with Gasteiger partial charge in [-0.3, -0.25) is 13.7 Å². The first-order valence-corrected chi connectivity index (χ1v) is 12.0. The van der Waals surface area contributed by atoms with Crippen molar-refractivity contribution in [2.24, 2.45) is 0 Å². The molecular formula is C9H14N6O12P3-. The third kappa shape index (κ3) is 5.79. The van der Waals surface area contributed by atoms with Crippen molar-refractivity contribution in [3.05, 3.63) is 6.33 Å². The maximum absolute atomic E-state index is 11.7. The number of hydrogen-bond acceptors (Lipinski definition) is 14. The maximum atomic E-state index is 11.7. The van der Waals surface area contributed by atoms with Gasteiger partial charge in [0.1, 0.15) is 12.1 Å². The van der Waals surface area contributed by atoms with Crippen LogP contribution in [0, 0.1) is 0 Å². The minimum atomic E-state index is -5.74. The van der Waals surface area contributed by atoms with Crippen molar-refractivity contribution < 1.29 is 55.9 Å². The molecule has 1 saturated heterocycles. The van der Waals surface area contributed by atoms with Crippen LogP contribution < -0.4 is 16.4 Å². The minimum Gasteiger partial charge on any atom is -0.756 e. The summed E-state index contributed by atoms with van der Waals surface area (Å²) in [5.41, 5.74) is 11.7. The summed E-state index contributed by atoms with van der Waals surface area (Å²) in [6, 6.07) is 0. The zero-order chi connectivity index (χ0) is 22.3. The number of nitrogens with two attached hydrogens (primary N) is 2. The fourth-order valence-electron chi connectivity index (χ4n) is 2.30. The molecule has 3 unspecified atom stereocenters. The fourth-order valence-corrected chi connectivity index (χ4v) is 5.27. The van der Waals surface area contributed by atoms with Gasteiger partial charge in [-0.05, 0) is 0 Å². The second-order valence-electron chi connectivity index (χ2n) is 5.51. The van der Waals surface area contributed by atoms with Crippen molar-refractivity contribution in [1.29, 1.82) is 0 Å². The average Bonchev–Trinajstić information content (AvgIpc) is 3.15. The van der Waals surface area contributed by atoms with E-state index in [-0.39, 0.29) is 29.5 Å². The standard InChI is InChI=1S/C9H15N6O12P3/c10-7-6-8(14-9(11)13-7)15(3-12-6)4-1-23-5(25-4)2-24-29(19,20)27-30(21,22)26-28(16,17)18/h3-5H,1-2H2,(H,19,20)(H,21,22)(H2,16,17,18)(H4,10,11,13,14)/p-1/t4-,5-/m1/s1. The van der Waals surface area contributed by atoms with Crippen LogP contribution in [0.4, 0.5) is 11.8 Å². The Bertz CT molecular complexity index is 1090. The summed E-state index contributed by atoms with van der Waals surface area (Å²) >= 11 is 0. The smallest absolute Gasteiger partial charge is 0.487 e. The minimum absolute atomic E-state index is 0.0366. The number of aromatic nitrogens is 4. The number of hydrogen-bond donors (Lipinski definition) is 5. The van der Waals surface area contributed by atoms with Crippen molar-refractivity contribution in [2.75, 3.05) is 24.7 Å². The van der Waals surface area contributed by atoms with Gasteiger partial charge in [0, 0.05) is 0 Å². The van der Waals surface area contributed by atoms with Gasteiger partial charge >= 0.3 is 15.6 Å². The molecule has 2 aromatic rings. The first-order valence-electron chi connectivity index (χ1n) is 7.54. The monoisotopic (exact) mass is 491 g/mol. The van der Waals surface area contributed by atoms with Crippen LogP contribution in [0.15, 0.2) is 6.33 Å². The molecular weight excluding hydrogens is 477 g/mol. The number of imidazole rings is 1. The predicted molar refractivity (Wildman–Crippen MR) is 91.6 cm³/mol. The van der Waals surface area contributed by atoms with Crippen LogP contribution in [0.3, 0.4) is 0 Å². The summed E-state index contributed by atoms with van der Waals surface area (Å²) in [7, 11) is -16.7. The summed E-state index contributed by atoms with van der Waals surface area (Å²) in [6.45, 7) is -0.879. The van der Waals surface area contributed by atoms with Gasteiger partial charge in [-0.2, -0.15) is 14.3 Å². The highest BCUT2D eigenvalue weighted by molar-refractivity contribution is 7.66. The highest BCUT2D eigenvalue weighted by atomic mass is 31.3. The molecule has 1 aliphatic heterocycles. The molecule has 0 radical (unpaired) electrons. The zero-order valence-corrected chi connectivity index (χ0v) is 17.1. The summed E-state index contributed by atoms with van der Waals surface area (Å²) < 4.78 is 56.9. The van der Waals surface area contributed by atoms with Crippen molar-refractivity contribution >= 4 is 46.4 Å². The van der Waals surface area contributed by atoms with Crippen molar-refractivity contribution in [3.63, 3.8) is 0 Å². The van der Waals surface area contributed by atoms with E-state index in [2.05, 4.69) is 28.1 Å². The molecule has 3 heterocycles. The second-order valence-corrected chi connectivity index (χ2v) is 9.89. The van der Waals surface area contributed by atoms with Crippen LogP contribution in [0.2, 0.25) is 0 Å². The maximum Gasteiger partial charge on any atom is 0.487 e. The number of nitrogen functional groups attached to an aromatic ring is 2. The molecule has 30 heavy (non-hydrogen) atoms. The second kappa shape index (κ2) is 8.20. The van der Waals surface area contributed by atoms with E-state index in [0.29, 0.717) is 0 Å². The topological polar surface area (TPSA) is 277 Å². The Morgan fingerprint density at radius 1 is 1.20 bits per heavy atom. The van der Waals surface area contributed by atoms with Crippen LogP contribution in [-0.2, 0) is 36.3 Å². The van der Waals surface area contributed by atoms with E-state index in [0.717, 1.165) is 0 Å². The Morgan fingerprint density at radius 3 is 2.57 bits per heavy atom. The normalized spacial score (nSPS) is 25.6. The molecule has 168 valence electrons. The molecule has 7 N–H and O–H groups in total. The van der Waals surface area contributed by atoms with Crippen LogP contribution in [0.1, 0.15) is 6.23 Å². The van der Waals surface area contributed by atoms with Crippen LogP contribution >= 0.6 is 23.5 Å². The van der Waals surface area contributed by atoms with Gasteiger partial charge in [0.15, 0.2) is 24.0 Å². The van der Waals surface area contributed by atoms with Crippen molar-refractivity contribution in [1.82, 2.24) is 19.5 Å². The van der Waals surface area contributed by atoms with Gasteiger partial charge in [-0.25, -0.2) is 18.4 Å². The summed E-state index contributed by atoms with van der Waals surface area (Å²) in [5.74, 6) is -0.0744. The summed E-state index contributed by atoms with van der Waals surface area (Å²) in [4.78, 5) is 49.1. The fraction of sp³-hybridized carbons (Fsp3) is 0.444. The van der Waals surface area contributed by atoms with Gasteiger partial charge in [-0.1, -0.05) is 0 Å². The number of phosphoric acid groups is 3. The number of anilines is 2. The zero-order valence-electron chi connectivity index (χ0n) is 14.4. The molecule has 0 spiro atoms. The average molecular weight is 491 g/mol. The van der Waals surface area contributed by atoms with E-state index in [1.807, 2.05) is 0 Å². The molecule has 1 fully saturated rings. The third-order valence-corrected chi connectivity index (χ3v) is 7.07. The van der Waals surface area contributed by atoms with E-state index in [9.17, 15) is 23.5 Å². The van der Waals surface area contributed by atoms with E-state index < -0.39 is 42.6 Å². The Hall–Kier alpha value is -1.52. The highest BCUT2D eigenvalue weighted by Crippen LogP contribution is 2.65. The van der Waals surface area contributed by atoms with Gasteiger partial charge in [-0.15, -0.1) is 0 Å². The molecule has 0 amide bonds. The number of fused-ring (bicyclic) bond motifs is 1. The third-order valence-electron chi connectivity index (χ3n) is 3.30. The SMILES string of the molecule is Nc1nc(N)c2ncn([C@H]3CO[C@@H](COP(=O)(O)OP(=O)(O)OP(=O)([O-])O)O3)c2n1. The number of phosphoric ester groups is 1. The van der Waals surface area contributed by atoms with Crippen LogP contribution in [0.25, 0.3) is 11.2 Å². The van der Waals surface area contributed by atoms with E-state index in [1.165, 1.54) is 10.9 Å². The molecule has 0 aliphatic carbocycles. The largest absolute Gasteiger partial charge is 0.756 e. The van der Waals surface area contributed by atoms with Gasteiger partial charge in [0.25, 0.3) is 7.82 Å². The Labute approximate surface area is 166 Å². The van der Waals surface area contributed by atoms with Crippen molar-refractivity contribution in [3.8, 4) is 0 Å². The lowest BCUT2D eigenvalue weighted by Gasteiger charge is -2.21. The number of ether oxygens (including phenoxy) is 2.